The summed E-state index contributed by atoms with van der Waals surface area (Å²) < 4.78 is 0. The van der Waals surface area contributed by atoms with Gasteiger partial charge in [-0.1, -0.05) is 0 Å². The first-order valence-corrected chi connectivity index (χ1v) is 6.15. The van der Waals surface area contributed by atoms with Gasteiger partial charge in [0.25, 0.3) is 5.91 Å². The van der Waals surface area contributed by atoms with Gasteiger partial charge in [-0.15, -0.1) is 0 Å². The number of aromatic nitrogens is 2. The van der Waals surface area contributed by atoms with Crippen LogP contribution < -0.4 is 11.1 Å². The Balaban J connectivity index is 1.93. The van der Waals surface area contributed by atoms with Gasteiger partial charge in [-0.05, 0) is 26.8 Å². The Labute approximate surface area is 107 Å². The number of hydrogen-bond donors (Lipinski definition) is 2. The minimum absolute atomic E-state index is 0.177. The zero-order chi connectivity index (χ0) is 13.1. The third-order valence-corrected chi connectivity index (χ3v) is 3.45. The number of piperidine rings is 1. The van der Waals surface area contributed by atoms with Crippen molar-refractivity contribution in [1.82, 2.24) is 20.2 Å². The van der Waals surface area contributed by atoms with Gasteiger partial charge >= 0.3 is 0 Å². The third kappa shape index (κ3) is 2.95. The number of amides is 1. The van der Waals surface area contributed by atoms with E-state index in [2.05, 4.69) is 34.2 Å². The Morgan fingerprint density at radius 3 is 2.89 bits per heavy atom. The summed E-state index contributed by atoms with van der Waals surface area (Å²) in [4.78, 5) is 22.1. The Kier molecular flexibility index (Phi) is 3.76. The van der Waals surface area contributed by atoms with Gasteiger partial charge in [-0.2, -0.15) is 0 Å². The molecule has 0 aromatic carbocycles. The molecule has 6 nitrogen and oxygen atoms in total. The minimum atomic E-state index is -0.177. The Bertz CT molecular complexity index is 419. The van der Waals surface area contributed by atoms with Crippen LogP contribution in [0, 0.1) is 0 Å². The molecule has 1 amide bonds. The number of hydrogen-bond acceptors (Lipinski definition) is 5. The van der Waals surface area contributed by atoms with Crippen LogP contribution in [0.1, 0.15) is 30.3 Å². The van der Waals surface area contributed by atoms with Crippen LogP contribution in [-0.4, -0.2) is 46.5 Å². The van der Waals surface area contributed by atoms with E-state index in [0.717, 1.165) is 19.4 Å². The van der Waals surface area contributed by atoms with E-state index in [-0.39, 0.29) is 11.9 Å². The van der Waals surface area contributed by atoms with E-state index in [1.807, 2.05) is 0 Å². The molecular formula is C12H19N5O. The number of anilines is 1. The molecule has 2 heterocycles. The summed E-state index contributed by atoms with van der Waals surface area (Å²) in [5.41, 5.74) is 5.75. The maximum atomic E-state index is 11.9. The molecule has 0 spiro atoms. The summed E-state index contributed by atoms with van der Waals surface area (Å²) in [6, 6.07) is 0.699. The Hall–Kier alpha value is -1.69. The van der Waals surface area contributed by atoms with Gasteiger partial charge in [0.15, 0.2) is 0 Å². The molecule has 1 aromatic rings. The molecule has 1 fully saturated rings. The number of nitrogen functional groups attached to an aromatic ring is 1. The van der Waals surface area contributed by atoms with Crippen LogP contribution in [0.2, 0.25) is 0 Å². The normalized spacial score (nSPS) is 24.8. The molecule has 1 aromatic heterocycles. The lowest BCUT2D eigenvalue weighted by Gasteiger charge is -2.35. The van der Waals surface area contributed by atoms with Gasteiger partial charge < -0.3 is 16.0 Å². The molecule has 2 unspecified atom stereocenters. The monoisotopic (exact) mass is 249 g/mol. The molecule has 0 aliphatic carbocycles. The molecule has 1 aliphatic rings. The SMILES string of the molecule is CC1CC(NC(=O)c2cnc(N)cn2)CCN1C. The Morgan fingerprint density at radius 1 is 1.50 bits per heavy atom. The molecule has 2 atom stereocenters. The summed E-state index contributed by atoms with van der Waals surface area (Å²) in [5, 5.41) is 3.00. The van der Waals surface area contributed by atoms with Crippen LogP contribution >= 0.6 is 0 Å². The van der Waals surface area contributed by atoms with Crippen LogP contribution in [0.5, 0.6) is 0 Å². The van der Waals surface area contributed by atoms with E-state index in [0.29, 0.717) is 17.6 Å². The summed E-state index contributed by atoms with van der Waals surface area (Å²) in [6.45, 7) is 3.17. The topological polar surface area (TPSA) is 84.1 Å². The highest BCUT2D eigenvalue weighted by Crippen LogP contribution is 2.15. The molecular weight excluding hydrogens is 230 g/mol. The van der Waals surface area contributed by atoms with E-state index in [1.165, 1.54) is 12.4 Å². The number of carbonyl (C=O) groups excluding carboxylic acids is 1. The van der Waals surface area contributed by atoms with Gasteiger partial charge in [0.1, 0.15) is 11.5 Å². The number of nitrogens with zero attached hydrogens (tertiary/aromatic N) is 3. The molecule has 98 valence electrons. The zero-order valence-corrected chi connectivity index (χ0v) is 10.8. The fraction of sp³-hybridized carbons (Fsp3) is 0.583. The van der Waals surface area contributed by atoms with E-state index in [4.69, 9.17) is 5.73 Å². The van der Waals surface area contributed by atoms with Crippen molar-refractivity contribution in [2.75, 3.05) is 19.3 Å². The standard InChI is InChI=1S/C12H19N5O/c1-8-5-9(3-4-17(8)2)16-12(18)10-6-15-11(13)7-14-10/h6-9H,3-5H2,1-2H3,(H2,13,15)(H,16,18). The van der Waals surface area contributed by atoms with Crippen LogP contribution in [0.15, 0.2) is 12.4 Å². The van der Waals surface area contributed by atoms with E-state index < -0.39 is 0 Å². The first-order valence-electron chi connectivity index (χ1n) is 6.15. The van der Waals surface area contributed by atoms with E-state index >= 15 is 0 Å². The fourth-order valence-electron chi connectivity index (χ4n) is 2.14. The summed E-state index contributed by atoms with van der Waals surface area (Å²) in [5.74, 6) is 0.142. The molecule has 18 heavy (non-hydrogen) atoms. The van der Waals surface area contributed by atoms with Gasteiger partial charge in [-0.3, -0.25) is 4.79 Å². The molecule has 1 saturated heterocycles. The maximum Gasteiger partial charge on any atom is 0.271 e. The maximum absolute atomic E-state index is 11.9. The van der Waals surface area contributed by atoms with Crippen molar-refractivity contribution in [2.24, 2.45) is 0 Å². The first-order chi connectivity index (χ1) is 8.56. The number of rotatable bonds is 2. The molecule has 2 rings (SSSR count). The van der Waals surface area contributed by atoms with Crippen LogP contribution in [0.4, 0.5) is 5.82 Å². The van der Waals surface area contributed by atoms with Crippen LogP contribution in [0.25, 0.3) is 0 Å². The van der Waals surface area contributed by atoms with Gasteiger partial charge in [-0.25, -0.2) is 9.97 Å². The molecule has 0 radical (unpaired) electrons. The van der Waals surface area contributed by atoms with Crippen molar-refractivity contribution in [1.29, 1.82) is 0 Å². The summed E-state index contributed by atoms with van der Waals surface area (Å²) in [6.07, 6.45) is 4.73. The number of carbonyl (C=O) groups is 1. The highest BCUT2D eigenvalue weighted by Gasteiger charge is 2.24. The lowest BCUT2D eigenvalue weighted by molar-refractivity contribution is 0.0891. The summed E-state index contributed by atoms with van der Waals surface area (Å²) >= 11 is 0. The molecule has 6 heteroatoms. The fourth-order valence-corrected chi connectivity index (χ4v) is 2.14. The third-order valence-electron chi connectivity index (χ3n) is 3.45. The van der Waals surface area contributed by atoms with Crippen molar-refractivity contribution in [2.45, 2.75) is 31.8 Å². The highest BCUT2D eigenvalue weighted by molar-refractivity contribution is 5.92. The van der Waals surface area contributed by atoms with E-state index in [1.54, 1.807) is 0 Å². The second-order valence-electron chi connectivity index (χ2n) is 4.85. The summed E-state index contributed by atoms with van der Waals surface area (Å²) in [7, 11) is 2.11. The smallest absolute Gasteiger partial charge is 0.271 e. The second kappa shape index (κ2) is 5.30. The predicted octanol–water partition coefficient (Wildman–Crippen LogP) is 0.271. The van der Waals surface area contributed by atoms with Crippen molar-refractivity contribution in [3.8, 4) is 0 Å². The van der Waals surface area contributed by atoms with Gasteiger partial charge in [0.05, 0.1) is 12.4 Å². The van der Waals surface area contributed by atoms with Crippen molar-refractivity contribution in [3.05, 3.63) is 18.1 Å². The quantitative estimate of drug-likeness (QED) is 0.786. The molecule has 0 bridgehead atoms. The zero-order valence-electron chi connectivity index (χ0n) is 10.8. The lowest BCUT2D eigenvalue weighted by Crippen LogP contribution is -2.47. The van der Waals surface area contributed by atoms with Gasteiger partial charge in [0.2, 0.25) is 0 Å². The Morgan fingerprint density at radius 2 is 2.28 bits per heavy atom. The molecule has 3 N–H and O–H groups in total. The average molecular weight is 249 g/mol. The number of nitrogens with one attached hydrogen (secondary N) is 1. The largest absolute Gasteiger partial charge is 0.382 e. The van der Waals surface area contributed by atoms with Crippen LogP contribution in [0.3, 0.4) is 0 Å². The van der Waals surface area contributed by atoms with E-state index in [9.17, 15) is 4.79 Å². The average Bonchev–Trinajstić information content (AvgIpc) is 2.34. The predicted molar refractivity (Wildman–Crippen MR) is 69.0 cm³/mol. The molecule has 1 aliphatic heterocycles. The number of nitrogens with two attached hydrogens (primary N) is 1. The lowest BCUT2D eigenvalue weighted by atomic mass is 9.99. The number of likely N-dealkylation sites (tertiary alicyclic amines) is 1. The van der Waals surface area contributed by atoms with Gasteiger partial charge in [0, 0.05) is 18.6 Å². The molecule has 0 saturated carbocycles. The first kappa shape index (κ1) is 12.8. The van der Waals surface area contributed by atoms with Crippen molar-refractivity contribution < 1.29 is 4.79 Å². The minimum Gasteiger partial charge on any atom is -0.382 e. The van der Waals surface area contributed by atoms with Crippen molar-refractivity contribution >= 4 is 11.7 Å². The van der Waals surface area contributed by atoms with Crippen LogP contribution in [-0.2, 0) is 0 Å². The highest BCUT2D eigenvalue weighted by atomic mass is 16.1. The second-order valence-corrected chi connectivity index (χ2v) is 4.85. The van der Waals surface area contributed by atoms with Crippen molar-refractivity contribution in [3.63, 3.8) is 0 Å².